The average molecular weight is 323 g/mol. The van der Waals surface area contributed by atoms with Crippen molar-refractivity contribution in [2.75, 3.05) is 13.1 Å². The monoisotopic (exact) mass is 323 g/mol. The fourth-order valence-electron chi connectivity index (χ4n) is 2.40. The molecule has 0 radical (unpaired) electrons. The molecule has 6 heteroatoms. The number of halogens is 3. The molecule has 1 fully saturated rings. The summed E-state index contributed by atoms with van der Waals surface area (Å²) in [6, 6.07) is 12.1. The van der Waals surface area contributed by atoms with Crippen molar-refractivity contribution in [3.05, 3.63) is 48.0 Å². The Balaban J connectivity index is 1.96. The maximum atomic E-state index is 12.7. The number of aryl methyl sites for hydroxylation is 1. The molecule has 122 valence electrons. The van der Waals surface area contributed by atoms with Gasteiger partial charge < -0.3 is 14.8 Å². The number of hydrogen-bond donors (Lipinski definition) is 1. The van der Waals surface area contributed by atoms with E-state index < -0.39 is 6.36 Å². The molecule has 0 atom stereocenters. The van der Waals surface area contributed by atoms with E-state index in [1.165, 1.54) is 12.1 Å². The minimum Gasteiger partial charge on any atom is -0.484 e. The van der Waals surface area contributed by atoms with Crippen LogP contribution >= 0.6 is 0 Å². The van der Waals surface area contributed by atoms with E-state index in [-0.39, 0.29) is 17.6 Å². The highest BCUT2D eigenvalue weighted by atomic mass is 19.4. The fraction of sp³-hybridized carbons (Fsp3) is 0.294. The minimum atomic E-state index is -4.76. The first-order chi connectivity index (χ1) is 10.9. The Hall–Kier alpha value is -2.21. The van der Waals surface area contributed by atoms with E-state index in [2.05, 4.69) is 10.1 Å². The predicted octanol–water partition coefficient (Wildman–Crippen LogP) is 3.91. The highest BCUT2D eigenvalue weighted by molar-refractivity contribution is 5.70. The third-order valence-corrected chi connectivity index (χ3v) is 3.66. The molecule has 1 aliphatic heterocycles. The Morgan fingerprint density at radius 3 is 2.39 bits per heavy atom. The van der Waals surface area contributed by atoms with Crippen LogP contribution in [0.1, 0.15) is 5.56 Å². The maximum absolute atomic E-state index is 12.7. The first-order valence-electron chi connectivity index (χ1n) is 7.25. The van der Waals surface area contributed by atoms with Crippen LogP contribution in [0.3, 0.4) is 0 Å². The molecule has 3 rings (SSSR count). The Kier molecular flexibility index (Phi) is 4.17. The predicted molar refractivity (Wildman–Crippen MR) is 80.6 cm³/mol. The minimum absolute atomic E-state index is 0.103. The van der Waals surface area contributed by atoms with E-state index >= 15 is 0 Å². The van der Waals surface area contributed by atoms with Gasteiger partial charge in [0.15, 0.2) is 11.5 Å². The van der Waals surface area contributed by atoms with E-state index in [0.717, 1.165) is 11.1 Å². The van der Waals surface area contributed by atoms with E-state index in [1.54, 1.807) is 6.07 Å². The van der Waals surface area contributed by atoms with E-state index in [4.69, 9.17) is 4.74 Å². The summed E-state index contributed by atoms with van der Waals surface area (Å²) in [4.78, 5) is 0. The van der Waals surface area contributed by atoms with E-state index in [0.29, 0.717) is 18.7 Å². The summed E-state index contributed by atoms with van der Waals surface area (Å²) in [5, 5.41) is 3.01. The Bertz CT molecular complexity index is 696. The van der Waals surface area contributed by atoms with Crippen LogP contribution in [-0.2, 0) is 0 Å². The first kappa shape index (κ1) is 15.7. The second-order valence-corrected chi connectivity index (χ2v) is 5.42. The standard InChI is InChI=1S/C17H16F3NO2/c1-11-4-2-3-5-14(11)12-6-7-15(22-13-9-21-10-13)16(8-12)23-17(18,19)20/h2-8,13,21H,9-10H2,1H3. The molecule has 0 amide bonds. The van der Waals surface area contributed by atoms with Crippen LogP contribution in [0, 0.1) is 6.92 Å². The van der Waals surface area contributed by atoms with Crippen LogP contribution in [-0.4, -0.2) is 25.6 Å². The maximum Gasteiger partial charge on any atom is 0.573 e. The van der Waals surface area contributed by atoms with Crippen molar-refractivity contribution < 1.29 is 22.6 Å². The Morgan fingerprint density at radius 2 is 1.78 bits per heavy atom. The molecule has 0 bridgehead atoms. The van der Waals surface area contributed by atoms with Crippen molar-refractivity contribution in [2.45, 2.75) is 19.4 Å². The van der Waals surface area contributed by atoms with Gasteiger partial charge in [-0.2, -0.15) is 0 Å². The van der Waals surface area contributed by atoms with E-state index in [9.17, 15) is 13.2 Å². The smallest absolute Gasteiger partial charge is 0.484 e. The molecule has 1 heterocycles. The van der Waals surface area contributed by atoms with Gasteiger partial charge in [0.25, 0.3) is 0 Å². The van der Waals surface area contributed by atoms with E-state index in [1.807, 2.05) is 31.2 Å². The van der Waals surface area contributed by atoms with Gasteiger partial charge in [-0.05, 0) is 35.7 Å². The van der Waals surface area contributed by atoms with Crippen molar-refractivity contribution in [3.8, 4) is 22.6 Å². The lowest BCUT2D eigenvalue weighted by molar-refractivity contribution is -0.275. The molecule has 2 aromatic rings. The zero-order chi connectivity index (χ0) is 16.4. The molecular weight excluding hydrogens is 307 g/mol. The third-order valence-electron chi connectivity index (χ3n) is 3.66. The number of hydrogen-bond acceptors (Lipinski definition) is 3. The summed E-state index contributed by atoms with van der Waals surface area (Å²) in [7, 11) is 0. The molecule has 0 spiro atoms. The van der Waals surface area contributed by atoms with Gasteiger partial charge >= 0.3 is 6.36 Å². The topological polar surface area (TPSA) is 30.5 Å². The van der Waals surface area contributed by atoms with Crippen molar-refractivity contribution in [3.63, 3.8) is 0 Å². The quantitative estimate of drug-likeness (QED) is 0.925. The average Bonchev–Trinajstić information content (AvgIpc) is 2.43. The summed E-state index contributed by atoms with van der Waals surface area (Å²) >= 11 is 0. The summed E-state index contributed by atoms with van der Waals surface area (Å²) in [5.41, 5.74) is 2.49. The lowest BCUT2D eigenvalue weighted by Gasteiger charge is -2.28. The Morgan fingerprint density at radius 1 is 1.04 bits per heavy atom. The number of nitrogens with one attached hydrogen (secondary N) is 1. The summed E-state index contributed by atoms with van der Waals surface area (Å²) in [6.07, 6.45) is -4.89. The SMILES string of the molecule is Cc1ccccc1-c1ccc(OC2CNC2)c(OC(F)(F)F)c1. The van der Waals surface area contributed by atoms with Crippen molar-refractivity contribution in [1.29, 1.82) is 0 Å². The summed E-state index contributed by atoms with van der Waals surface area (Å²) in [5.74, 6) is -0.212. The zero-order valence-corrected chi connectivity index (χ0v) is 12.5. The molecule has 0 unspecified atom stereocenters. The van der Waals surface area contributed by atoms with Crippen LogP contribution < -0.4 is 14.8 Å². The number of rotatable bonds is 4. The highest BCUT2D eigenvalue weighted by Gasteiger charge is 2.33. The van der Waals surface area contributed by atoms with Gasteiger partial charge in [-0.3, -0.25) is 0 Å². The molecular formula is C17H16F3NO2. The van der Waals surface area contributed by atoms with Crippen LogP contribution in [0.15, 0.2) is 42.5 Å². The fourth-order valence-corrected chi connectivity index (χ4v) is 2.40. The molecule has 1 N–H and O–H groups in total. The summed E-state index contributed by atoms with van der Waals surface area (Å²) in [6.45, 7) is 3.14. The normalized spacial score (nSPS) is 15.1. The number of ether oxygens (including phenoxy) is 2. The molecule has 3 nitrogen and oxygen atoms in total. The van der Waals surface area contributed by atoms with Crippen LogP contribution in [0.5, 0.6) is 11.5 Å². The molecule has 1 saturated heterocycles. The van der Waals surface area contributed by atoms with Gasteiger partial charge in [-0.1, -0.05) is 30.3 Å². The largest absolute Gasteiger partial charge is 0.573 e. The lowest BCUT2D eigenvalue weighted by Crippen LogP contribution is -2.50. The number of benzene rings is 2. The Labute approximate surface area is 132 Å². The molecule has 0 aliphatic carbocycles. The van der Waals surface area contributed by atoms with Crippen LogP contribution in [0.25, 0.3) is 11.1 Å². The van der Waals surface area contributed by atoms with Crippen molar-refractivity contribution in [1.82, 2.24) is 5.32 Å². The van der Waals surface area contributed by atoms with Gasteiger partial charge in [0, 0.05) is 13.1 Å². The van der Waals surface area contributed by atoms with Crippen LogP contribution in [0.2, 0.25) is 0 Å². The second kappa shape index (κ2) is 6.12. The molecule has 23 heavy (non-hydrogen) atoms. The molecule has 2 aromatic carbocycles. The molecule has 1 aliphatic rings. The lowest BCUT2D eigenvalue weighted by atomic mass is 10.0. The van der Waals surface area contributed by atoms with Gasteiger partial charge in [0.2, 0.25) is 0 Å². The highest BCUT2D eigenvalue weighted by Crippen LogP contribution is 2.37. The molecule has 0 aromatic heterocycles. The molecule has 0 saturated carbocycles. The zero-order valence-electron chi connectivity index (χ0n) is 12.5. The van der Waals surface area contributed by atoms with Gasteiger partial charge in [-0.15, -0.1) is 13.2 Å². The van der Waals surface area contributed by atoms with Crippen molar-refractivity contribution >= 4 is 0 Å². The number of alkyl halides is 3. The van der Waals surface area contributed by atoms with Crippen LogP contribution in [0.4, 0.5) is 13.2 Å². The third kappa shape index (κ3) is 3.76. The van der Waals surface area contributed by atoms with Gasteiger partial charge in [0.05, 0.1) is 0 Å². The summed E-state index contributed by atoms with van der Waals surface area (Å²) < 4.78 is 47.8. The second-order valence-electron chi connectivity index (χ2n) is 5.42. The first-order valence-corrected chi connectivity index (χ1v) is 7.25. The van der Waals surface area contributed by atoms with Gasteiger partial charge in [-0.25, -0.2) is 0 Å². The van der Waals surface area contributed by atoms with Crippen molar-refractivity contribution in [2.24, 2.45) is 0 Å². The van der Waals surface area contributed by atoms with Gasteiger partial charge in [0.1, 0.15) is 6.10 Å².